The van der Waals surface area contributed by atoms with Gasteiger partial charge in [0.2, 0.25) is 0 Å². The molecule has 2 heterocycles. The van der Waals surface area contributed by atoms with Crippen molar-refractivity contribution in [1.29, 1.82) is 0 Å². The molecular weight excluding hydrogens is 286 g/mol. The van der Waals surface area contributed by atoms with Crippen LogP contribution in [-0.2, 0) is 0 Å². The minimum absolute atomic E-state index is 0.410. The van der Waals surface area contributed by atoms with Crippen molar-refractivity contribution in [1.82, 2.24) is 9.97 Å². The van der Waals surface area contributed by atoms with Crippen molar-refractivity contribution in [2.75, 3.05) is 48.4 Å². The Morgan fingerprint density at radius 1 is 1.13 bits per heavy atom. The van der Waals surface area contributed by atoms with Gasteiger partial charge in [0.1, 0.15) is 18.0 Å². The van der Waals surface area contributed by atoms with Crippen molar-refractivity contribution in [3.63, 3.8) is 0 Å². The highest BCUT2D eigenvalue weighted by Crippen LogP contribution is 2.26. The van der Waals surface area contributed by atoms with Crippen molar-refractivity contribution < 1.29 is 0 Å². The lowest BCUT2D eigenvalue weighted by Gasteiger charge is -2.42. The van der Waals surface area contributed by atoms with Crippen LogP contribution in [0, 0.1) is 6.92 Å². The van der Waals surface area contributed by atoms with E-state index in [0.29, 0.717) is 6.04 Å². The zero-order valence-electron chi connectivity index (χ0n) is 14.4. The van der Waals surface area contributed by atoms with E-state index in [1.54, 1.807) is 6.33 Å². The summed E-state index contributed by atoms with van der Waals surface area (Å²) >= 11 is 0. The molecule has 2 aromatic rings. The molecule has 0 spiro atoms. The van der Waals surface area contributed by atoms with Crippen LogP contribution in [0.2, 0.25) is 0 Å². The Bertz CT molecular complexity index is 670. The highest BCUT2D eigenvalue weighted by Gasteiger charge is 2.25. The highest BCUT2D eigenvalue weighted by atomic mass is 15.3. The second-order valence-corrected chi connectivity index (χ2v) is 6.40. The Balaban J connectivity index is 1.77. The van der Waals surface area contributed by atoms with E-state index in [2.05, 4.69) is 63.9 Å². The minimum atomic E-state index is 0.410. The van der Waals surface area contributed by atoms with E-state index in [-0.39, 0.29) is 0 Å². The number of para-hydroxylation sites is 1. The van der Waals surface area contributed by atoms with Gasteiger partial charge in [0.15, 0.2) is 0 Å². The minimum Gasteiger partial charge on any atom is -0.367 e. The molecule has 23 heavy (non-hydrogen) atoms. The number of aromatic nitrogens is 2. The maximum absolute atomic E-state index is 4.48. The molecule has 1 aromatic heterocycles. The Hall–Kier alpha value is -2.30. The molecule has 5 heteroatoms. The van der Waals surface area contributed by atoms with E-state index < -0.39 is 0 Å². The van der Waals surface area contributed by atoms with E-state index in [4.69, 9.17) is 0 Å². The van der Waals surface area contributed by atoms with Gasteiger partial charge in [-0.2, -0.15) is 0 Å². The Kier molecular flexibility index (Phi) is 4.37. The lowest BCUT2D eigenvalue weighted by Crippen LogP contribution is -2.52. The third-order valence-electron chi connectivity index (χ3n) is 4.47. The molecule has 122 valence electrons. The monoisotopic (exact) mass is 311 g/mol. The van der Waals surface area contributed by atoms with Crippen molar-refractivity contribution >= 4 is 17.3 Å². The van der Waals surface area contributed by atoms with E-state index in [0.717, 1.165) is 31.3 Å². The first kappa shape index (κ1) is 15.6. The molecular formula is C18H25N5. The smallest absolute Gasteiger partial charge is 0.134 e. The molecule has 0 unspecified atom stereocenters. The first-order valence-electron chi connectivity index (χ1n) is 8.13. The summed E-state index contributed by atoms with van der Waals surface area (Å²) in [6.45, 7) is 7.43. The van der Waals surface area contributed by atoms with Gasteiger partial charge in [-0.25, -0.2) is 9.97 Å². The van der Waals surface area contributed by atoms with Gasteiger partial charge in [0.25, 0.3) is 0 Å². The first-order chi connectivity index (χ1) is 11.1. The average Bonchev–Trinajstić information content (AvgIpc) is 2.55. The fourth-order valence-electron chi connectivity index (χ4n) is 3.17. The van der Waals surface area contributed by atoms with E-state index in [9.17, 15) is 0 Å². The molecule has 1 aliphatic heterocycles. The summed E-state index contributed by atoms with van der Waals surface area (Å²) in [4.78, 5) is 15.7. The maximum Gasteiger partial charge on any atom is 0.134 e. The van der Waals surface area contributed by atoms with E-state index in [1.807, 2.05) is 19.0 Å². The number of rotatable bonds is 3. The molecule has 1 saturated heterocycles. The number of aryl methyl sites for hydroxylation is 1. The molecule has 0 saturated carbocycles. The van der Waals surface area contributed by atoms with Crippen LogP contribution < -0.4 is 14.7 Å². The summed E-state index contributed by atoms with van der Waals surface area (Å²) in [6, 6.07) is 11.1. The highest BCUT2D eigenvalue weighted by molar-refractivity contribution is 5.56. The van der Waals surface area contributed by atoms with Crippen LogP contribution in [-0.4, -0.2) is 49.7 Å². The predicted molar refractivity (Wildman–Crippen MR) is 96.6 cm³/mol. The number of hydrogen-bond acceptors (Lipinski definition) is 5. The van der Waals surface area contributed by atoms with Crippen LogP contribution in [0.1, 0.15) is 12.5 Å². The van der Waals surface area contributed by atoms with Gasteiger partial charge < -0.3 is 14.7 Å². The molecule has 0 N–H and O–H groups in total. The molecule has 0 radical (unpaired) electrons. The number of benzene rings is 1. The molecule has 1 atom stereocenters. The molecule has 0 bridgehead atoms. The van der Waals surface area contributed by atoms with E-state index in [1.165, 1.54) is 11.3 Å². The Labute approximate surface area is 138 Å². The van der Waals surface area contributed by atoms with Crippen LogP contribution >= 0.6 is 0 Å². The second kappa shape index (κ2) is 6.44. The SMILES string of the molecule is Cc1ccccc1N1CCN(c2cc(N(C)C)ncn2)[C@@H](C)C1. The van der Waals surface area contributed by atoms with Gasteiger partial charge in [0.05, 0.1) is 0 Å². The van der Waals surface area contributed by atoms with Crippen LogP contribution in [0.3, 0.4) is 0 Å². The third kappa shape index (κ3) is 3.23. The van der Waals surface area contributed by atoms with Gasteiger partial charge in [-0.1, -0.05) is 18.2 Å². The quantitative estimate of drug-likeness (QED) is 0.870. The second-order valence-electron chi connectivity index (χ2n) is 6.40. The van der Waals surface area contributed by atoms with Crippen LogP contribution in [0.15, 0.2) is 36.7 Å². The molecule has 5 nitrogen and oxygen atoms in total. The number of piperazine rings is 1. The zero-order chi connectivity index (χ0) is 16.4. The molecule has 0 aliphatic carbocycles. The fourth-order valence-corrected chi connectivity index (χ4v) is 3.17. The summed E-state index contributed by atoms with van der Waals surface area (Å²) in [5, 5.41) is 0. The molecule has 1 aliphatic rings. The summed E-state index contributed by atoms with van der Waals surface area (Å²) in [6.07, 6.45) is 1.66. The maximum atomic E-state index is 4.48. The topological polar surface area (TPSA) is 35.5 Å². The van der Waals surface area contributed by atoms with Crippen molar-refractivity contribution in [3.05, 3.63) is 42.2 Å². The number of anilines is 3. The third-order valence-corrected chi connectivity index (χ3v) is 4.47. The summed E-state index contributed by atoms with van der Waals surface area (Å²) in [5.74, 6) is 1.96. The molecule has 0 amide bonds. The van der Waals surface area contributed by atoms with Crippen LogP contribution in [0.25, 0.3) is 0 Å². The summed E-state index contributed by atoms with van der Waals surface area (Å²) in [5.41, 5.74) is 2.68. The van der Waals surface area contributed by atoms with Gasteiger partial charge >= 0.3 is 0 Å². The van der Waals surface area contributed by atoms with Gasteiger partial charge in [-0.15, -0.1) is 0 Å². The standard InChI is InChI=1S/C18H25N5/c1-14-7-5-6-8-16(14)22-9-10-23(15(2)12-22)18-11-17(21(3)4)19-13-20-18/h5-8,11,13,15H,9-10,12H2,1-4H3/t15-/m0/s1. The van der Waals surface area contributed by atoms with Gasteiger partial charge in [-0.05, 0) is 25.5 Å². The Morgan fingerprint density at radius 2 is 1.91 bits per heavy atom. The molecule has 1 fully saturated rings. The van der Waals surface area contributed by atoms with Crippen LogP contribution in [0.4, 0.5) is 17.3 Å². The van der Waals surface area contributed by atoms with Gasteiger partial charge in [0, 0.05) is 51.5 Å². The van der Waals surface area contributed by atoms with Crippen molar-refractivity contribution in [3.8, 4) is 0 Å². The summed E-state index contributed by atoms with van der Waals surface area (Å²) < 4.78 is 0. The Morgan fingerprint density at radius 3 is 2.61 bits per heavy atom. The largest absolute Gasteiger partial charge is 0.367 e. The van der Waals surface area contributed by atoms with Crippen LogP contribution in [0.5, 0.6) is 0 Å². The van der Waals surface area contributed by atoms with Crippen molar-refractivity contribution in [2.45, 2.75) is 19.9 Å². The number of hydrogen-bond donors (Lipinski definition) is 0. The van der Waals surface area contributed by atoms with E-state index >= 15 is 0 Å². The first-order valence-corrected chi connectivity index (χ1v) is 8.13. The zero-order valence-corrected chi connectivity index (χ0v) is 14.4. The van der Waals surface area contributed by atoms with Gasteiger partial charge in [-0.3, -0.25) is 0 Å². The average molecular weight is 311 g/mol. The summed E-state index contributed by atoms with van der Waals surface area (Å²) in [7, 11) is 4.01. The predicted octanol–water partition coefficient (Wildman–Crippen LogP) is 2.57. The molecule has 3 rings (SSSR count). The lowest BCUT2D eigenvalue weighted by atomic mass is 10.1. The normalized spacial score (nSPS) is 18.2. The lowest BCUT2D eigenvalue weighted by molar-refractivity contribution is 0.545. The molecule has 1 aromatic carbocycles. The fraction of sp³-hybridized carbons (Fsp3) is 0.444. The van der Waals surface area contributed by atoms with Crippen molar-refractivity contribution in [2.24, 2.45) is 0 Å². The number of nitrogens with zero attached hydrogens (tertiary/aromatic N) is 5.